The first-order valence-electron chi connectivity index (χ1n) is 9.54. The lowest BCUT2D eigenvalue weighted by molar-refractivity contribution is 0.282. The minimum atomic E-state index is -0.155. The second kappa shape index (κ2) is 6.69. The molecule has 0 saturated heterocycles. The molecule has 3 aromatic carbocycles. The Morgan fingerprint density at radius 1 is 0.778 bits per heavy atom. The second-order valence-corrected chi connectivity index (χ2v) is 9.40. The Morgan fingerprint density at radius 3 is 2.04 bits per heavy atom. The van der Waals surface area contributed by atoms with E-state index in [-0.39, 0.29) is 23.2 Å². The van der Waals surface area contributed by atoms with E-state index in [0.717, 1.165) is 38.6 Å². The predicted octanol–water partition coefficient (Wildman–Crippen LogP) is 6.30. The van der Waals surface area contributed by atoms with Crippen LogP contribution in [-0.4, -0.2) is 10.2 Å². The second-order valence-electron chi connectivity index (χ2n) is 9.40. The Balaban J connectivity index is 2.47. The van der Waals surface area contributed by atoms with Crippen LogP contribution in [0.3, 0.4) is 0 Å². The third kappa shape index (κ3) is 3.59. The summed E-state index contributed by atoms with van der Waals surface area (Å²) in [6.07, 6.45) is 0. The maximum absolute atomic E-state index is 11.2. The van der Waals surface area contributed by atoms with Crippen molar-refractivity contribution in [3.8, 4) is 16.9 Å². The van der Waals surface area contributed by atoms with Gasteiger partial charge >= 0.3 is 0 Å². The van der Waals surface area contributed by atoms with Gasteiger partial charge in [-0.3, -0.25) is 0 Å². The van der Waals surface area contributed by atoms with Crippen LogP contribution in [0.4, 0.5) is 0 Å². The lowest BCUT2D eigenvalue weighted by Gasteiger charge is -2.29. The van der Waals surface area contributed by atoms with Crippen LogP contribution in [0.15, 0.2) is 48.5 Å². The highest BCUT2D eigenvalue weighted by atomic mass is 16.3. The van der Waals surface area contributed by atoms with Crippen molar-refractivity contribution in [2.24, 2.45) is 0 Å². The van der Waals surface area contributed by atoms with Gasteiger partial charge in [0.2, 0.25) is 0 Å². The Morgan fingerprint density at radius 2 is 1.44 bits per heavy atom. The summed E-state index contributed by atoms with van der Waals surface area (Å²) in [5, 5.41) is 23.3. The molecule has 0 aromatic heterocycles. The molecule has 27 heavy (non-hydrogen) atoms. The summed E-state index contributed by atoms with van der Waals surface area (Å²) < 4.78 is 0. The van der Waals surface area contributed by atoms with Crippen LogP contribution >= 0.6 is 0 Å². The molecule has 2 heteroatoms. The lowest BCUT2D eigenvalue weighted by Crippen LogP contribution is -2.18. The standard InChI is InChI=1S/C25H30O2/c1-24(2,3)18-13-20(25(4,5)6)23(21(27)14-18)22-17(15-26)12-11-16-9-7-8-10-19(16)22/h7-14,26-27H,15H2,1-6H3. The van der Waals surface area contributed by atoms with Gasteiger partial charge in [-0.05, 0) is 49.9 Å². The monoisotopic (exact) mass is 362 g/mol. The number of phenolic OH excluding ortho intramolecular Hbond substituents is 1. The highest BCUT2D eigenvalue weighted by Crippen LogP contribution is 2.45. The van der Waals surface area contributed by atoms with E-state index < -0.39 is 0 Å². The first kappa shape index (κ1) is 19.4. The maximum Gasteiger partial charge on any atom is 0.124 e. The summed E-state index contributed by atoms with van der Waals surface area (Å²) in [6.45, 7) is 12.9. The van der Waals surface area contributed by atoms with E-state index in [9.17, 15) is 10.2 Å². The summed E-state index contributed by atoms with van der Waals surface area (Å²) in [5.74, 6) is 0.276. The predicted molar refractivity (Wildman–Crippen MR) is 114 cm³/mol. The van der Waals surface area contributed by atoms with Gasteiger partial charge < -0.3 is 10.2 Å². The highest BCUT2D eigenvalue weighted by Gasteiger charge is 2.27. The van der Waals surface area contributed by atoms with Crippen molar-refractivity contribution in [1.82, 2.24) is 0 Å². The first-order valence-corrected chi connectivity index (χ1v) is 9.54. The molecule has 0 aliphatic rings. The van der Waals surface area contributed by atoms with Crippen LogP contribution in [0, 0.1) is 0 Å². The Hall–Kier alpha value is -2.32. The molecule has 142 valence electrons. The molecule has 0 aliphatic heterocycles. The Bertz CT molecular complexity index is 986. The van der Waals surface area contributed by atoms with Crippen molar-refractivity contribution in [3.05, 3.63) is 65.2 Å². The number of phenols is 1. The van der Waals surface area contributed by atoms with Gasteiger partial charge in [0.1, 0.15) is 5.75 Å². The van der Waals surface area contributed by atoms with Gasteiger partial charge in [0.15, 0.2) is 0 Å². The molecule has 0 aliphatic carbocycles. The molecule has 0 heterocycles. The zero-order valence-corrected chi connectivity index (χ0v) is 17.2. The van der Waals surface area contributed by atoms with E-state index >= 15 is 0 Å². The number of rotatable bonds is 2. The van der Waals surface area contributed by atoms with Crippen LogP contribution in [0.2, 0.25) is 0 Å². The summed E-state index contributed by atoms with van der Waals surface area (Å²) in [6, 6.07) is 16.2. The SMILES string of the molecule is CC(C)(C)c1cc(O)c(-c2c(CO)ccc3ccccc23)c(C(C)(C)C)c1. The zero-order valence-electron chi connectivity index (χ0n) is 17.2. The van der Waals surface area contributed by atoms with E-state index in [0.29, 0.717) is 0 Å². The van der Waals surface area contributed by atoms with Gasteiger partial charge in [0, 0.05) is 5.56 Å². The van der Waals surface area contributed by atoms with Gasteiger partial charge in [-0.25, -0.2) is 0 Å². The normalized spacial score (nSPS) is 12.6. The van der Waals surface area contributed by atoms with E-state index in [1.807, 2.05) is 30.3 Å². The van der Waals surface area contributed by atoms with Crippen LogP contribution in [0.25, 0.3) is 21.9 Å². The number of hydrogen-bond acceptors (Lipinski definition) is 2. The highest BCUT2D eigenvalue weighted by molar-refractivity contribution is 6.00. The van der Waals surface area contributed by atoms with Crippen LogP contribution in [0.5, 0.6) is 5.75 Å². The van der Waals surface area contributed by atoms with Gasteiger partial charge in [-0.15, -0.1) is 0 Å². The van der Waals surface area contributed by atoms with Gasteiger partial charge in [0.05, 0.1) is 6.61 Å². The average molecular weight is 363 g/mol. The fourth-order valence-corrected chi connectivity index (χ4v) is 3.66. The molecule has 2 N–H and O–H groups in total. The molecule has 2 nitrogen and oxygen atoms in total. The molecule has 0 spiro atoms. The Labute approximate surface area is 162 Å². The molecule has 0 saturated carbocycles. The van der Waals surface area contributed by atoms with Crippen LogP contribution < -0.4 is 0 Å². The fourth-order valence-electron chi connectivity index (χ4n) is 3.66. The van der Waals surface area contributed by atoms with E-state index in [2.05, 4.69) is 59.7 Å². The van der Waals surface area contributed by atoms with E-state index in [4.69, 9.17) is 0 Å². The number of benzene rings is 3. The minimum Gasteiger partial charge on any atom is -0.507 e. The van der Waals surface area contributed by atoms with Crippen LogP contribution in [0.1, 0.15) is 58.2 Å². The van der Waals surface area contributed by atoms with Crippen molar-refractivity contribution < 1.29 is 10.2 Å². The number of aliphatic hydroxyl groups excluding tert-OH is 1. The largest absolute Gasteiger partial charge is 0.507 e. The van der Waals surface area contributed by atoms with Crippen molar-refractivity contribution >= 4 is 10.8 Å². The maximum atomic E-state index is 11.2. The lowest BCUT2D eigenvalue weighted by atomic mass is 9.75. The first-order chi connectivity index (χ1) is 12.5. The fraction of sp³-hybridized carbons (Fsp3) is 0.360. The molecule has 0 bridgehead atoms. The van der Waals surface area contributed by atoms with E-state index in [1.165, 1.54) is 0 Å². The quantitative estimate of drug-likeness (QED) is 0.561. The molecule has 0 atom stereocenters. The zero-order chi connectivity index (χ0) is 20.0. The third-order valence-electron chi connectivity index (χ3n) is 5.23. The van der Waals surface area contributed by atoms with Crippen molar-refractivity contribution in [2.75, 3.05) is 0 Å². The number of aliphatic hydroxyl groups is 1. The van der Waals surface area contributed by atoms with E-state index in [1.54, 1.807) is 0 Å². The summed E-state index contributed by atoms with van der Waals surface area (Å²) in [7, 11) is 0. The Kier molecular flexibility index (Phi) is 4.81. The third-order valence-corrected chi connectivity index (χ3v) is 5.23. The molecule has 0 amide bonds. The average Bonchev–Trinajstić information content (AvgIpc) is 2.58. The molecule has 0 fully saturated rings. The molecule has 3 rings (SSSR count). The smallest absolute Gasteiger partial charge is 0.124 e. The van der Waals surface area contributed by atoms with Crippen LogP contribution in [-0.2, 0) is 17.4 Å². The van der Waals surface area contributed by atoms with Gasteiger partial charge in [0.25, 0.3) is 0 Å². The molecule has 3 aromatic rings. The minimum absolute atomic E-state index is 0.0609. The molecule has 0 unspecified atom stereocenters. The number of fused-ring (bicyclic) bond motifs is 1. The van der Waals surface area contributed by atoms with Crippen molar-refractivity contribution in [2.45, 2.75) is 59.0 Å². The summed E-state index contributed by atoms with van der Waals surface area (Å²) in [5.41, 5.74) is 4.58. The molecular weight excluding hydrogens is 332 g/mol. The number of hydrogen-bond donors (Lipinski definition) is 2. The molecular formula is C25H30O2. The summed E-state index contributed by atoms with van der Waals surface area (Å²) >= 11 is 0. The topological polar surface area (TPSA) is 40.5 Å². The van der Waals surface area contributed by atoms with Crippen molar-refractivity contribution in [1.29, 1.82) is 0 Å². The summed E-state index contributed by atoms with van der Waals surface area (Å²) in [4.78, 5) is 0. The van der Waals surface area contributed by atoms with Gasteiger partial charge in [-0.1, -0.05) is 84.0 Å². The van der Waals surface area contributed by atoms with Gasteiger partial charge in [-0.2, -0.15) is 0 Å². The number of aromatic hydroxyl groups is 1. The molecule has 0 radical (unpaired) electrons. The van der Waals surface area contributed by atoms with Crippen molar-refractivity contribution in [3.63, 3.8) is 0 Å².